The van der Waals surface area contributed by atoms with E-state index in [2.05, 4.69) is 5.32 Å². The number of anilines is 1. The van der Waals surface area contributed by atoms with E-state index in [1.165, 1.54) is 0 Å². The second-order valence-corrected chi connectivity index (χ2v) is 5.89. The zero-order valence-electron chi connectivity index (χ0n) is 14.4. The summed E-state index contributed by atoms with van der Waals surface area (Å²) in [5.74, 6) is 1.29. The molecule has 2 aromatic carbocycles. The first-order valence-corrected chi connectivity index (χ1v) is 8.63. The molecule has 0 radical (unpaired) electrons. The van der Waals surface area contributed by atoms with Crippen LogP contribution in [0.5, 0.6) is 11.5 Å². The van der Waals surface area contributed by atoms with Gasteiger partial charge in [-0.1, -0.05) is 6.07 Å². The zero-order chi connectivity index (χ0) is 17.5. The molecule has 1 atom stereocenters. The molecule has 0 saturated carbocycles. The maximum atomic E-state index is 12.3. The van der Waals surface area contributed by atoms with Crippen molar-refractivity contribution in [3.63, 3.8) is 0 Å². The van der Waals surface area contributed by atoms with Crippen LogP contribution in [0.2, 0.25) is 0 Å². The highest BCUT2D eigenvalue weighted by atomic mass is 16.5. The highest BCUT2D eigenvalue weighted by Crippen LogP contribution is 2.20. The topological polar surface area (TPSA) is 56.8 Å². The number of hydrogen-bond acceptors (Lipinski definition) is 4. The fraction of sp³-hybridized carbons (Fsp3) is 0.350. The number of carbonyl (C=O) groups is 1. The van der Waals surface area contributed by atoms with E-state index >= 15 is 0 Å². The van der Waals surface area contributed by atoms with Crippen LogP contribution in [0.25, 0.3) is 0 Å². The van der Waals surface area contributed by atoms with Gasteiger partial charge in [0.25, 0.3) is 5.91 Å². The number of benzene rings is 2. The molecule has 0 aromatic heterocycles. The van der Waals surface area contributed by atoms with E-state index in [9.17, 15) is 4.79 Å². The maximum absolute atomic E-state index is 12.3. The van der Waals surface area contributed by atoms with Gasteiger partial charge < -0.3 is 19.5 Å². The molecule has 1 heterocycles. The maximum Gasteiger partial charge on any atom is 0.255 e. The van der Waals surface area contributed by atoms with E-state index in [1.807, 2.05) is 43.3 Å². The van der Waals surface area contributed by atoms with Gasteiger partial charge in [-0.2, -0.15) is 0 Å². The molecular formula is C20H23NO4. The summed E-state index contributed by atoms with van der Waals surface area (Å²) in [6.45, 7) is 3.87. The lowest BCUT2D eigenvalue weighted by molar-refractivity contribution is 0.0679. The monoisotopic (exact) mass is 341 g/mol. The van der Waals surface area contributed by atoms with Crippen LogP contribution in [0.15, 0.2) is 48.5 Å². The lowest BCUT2D eigenvalue weighted by Crippen LogP contribution is -2.16. The molecule has 1 amide bonds. The van der Waals surface area contributed by atoms with E-state index in [0.717, 1.165) is 30.9 Å². The van der Waals surface area contributed by atoms with Gasteiger partial charge in [0, 0.05) is 17.9 Å². The van der Waals surface area contributed by atoms with Crippen LogP contribution in [0.3, 0.4) is 0 Å². The molecule has 1 aliphatic heterocycles. The first-order valence-electron chi connectivity index (χ1n) is 8.63. The van der Waals surface area contributed by atoms with E-state index in [1.54, 1.807) is 12.1 Å². The van der Waals surface area contributed by atoms with Crippen LogP contribution < -0.4 is 14.8 Å². The molecular weight excluding hydrogens is 318 g/mol. The summed E-state index contributed by atoms with van der Waals surface area (Å²) in [5.41, 5.74) is 1.28. The van der Waals surface area contributed by atoms with E-state index in [-0.39, 0.29) is 12.0 Å². The van der Waals surface area contributed by atoms with Gasteiger partial charge >= 0.3 is 0 Å². The van der Waals surface area contributed by atoms with Gasteiger partial charge in [-0.25, -0.2) is 0 Å². The Balaban J connectivity index is 1.55. The summed E-state index contributed by atoms with van der Waals surface area (Å²) in [6.07, 6.45) is 2.34. The van der Waals surface area contributed by atoms with Crippen LogP contribution >= 0.6 is 0 Å². The molecule has 1 saturated heterocycles. The molecule has 5 nitrogen and oxygen atoms in total. The fourth-order valence-corrected chi connectivity index (χ4v) is 2.70. The van der Waals surface area contributed by atoms with Gasteiger partial charge in [-0.05, 0) is 62.2 Å². The first kappa shape index (κ1) is 17.3. The Morgan fingerprint density at radius 3 is 2.72 bits per heavy atom. The van der Waals surface area contributed by atoms with Gasteiger partial charge in [0.15, 0.2) is 0 Å². The molecule has 5 heteroatoms. The molecule has 2 aromatic rings. The van der Waals surface area contributed by atoms with E-state index < -0.39 is 0 Å². The van der Waals surface area contributed by atoms with Gasteiger partial charge in [-0.15, -0.1) is 0 Å². The fourth-order valence-electron chi connectivity index (χ4n) is 2.70. The van der Waals surface area contributed by atoms with Gasteiger partial charge in [0.2, 0.25) is 0 Å². The average molecular weight is 341 g/mol. The Bertz CT molecular complexity index is 693. The third-order valence-electron chi connectivity index (χ3n) is 3.98. The van der Waals surface area contributed by atoms with Crippen LogP contribution in [0, 0.1) is 0 Å². The largest absolute Gasteiger partial charge is 0.494 e. The highest BCUT2D eigenvalue weighted by Gasteiger charge is 2.16. The van der Waals surface area contributed by atoms with Crippen molar-refractivity contribution in [2.75, 3.05) is 25.1 Å². The minimum Gasteiger partial charge on any atom is -0.494 e. The Hall–Kier alpha value is -2.53. The summed E-state index contributed by atoms with van der Waals surface area (Å²) < 4.78 is 16.7. The molecule has 1 unspecified atom stereocenters. The number of ether oxygens (including phenoxy) is 3. The summed E-state index contributed by atoms with van der Waals surface area (Å²) in [7, 11) is 0. The highest BCUT2D eigenvalue weighted by molar-refractivity contribution is 6.04. The van der Waals surface area contributed by atoms with Crippen molar-refractivity contribution in [3.05, 3.63) is 54.1 Å². The minimum absolute atomic E-state index is 0.172. The lowest BCUT2D eigenvalue weighted by atomic mass is 10.2. The number of hydrogen-bond donors (Lipinski definition) is 1. The lowest BCUT2D eigenvalue weighted by Gasteiger charge is -2.12. The second-order valence-electron chi connectivity index (χ2n) is 5.89. The van der Waals surface area contributed by atoms with Crippen LogP contribution in [0.1, 0.15) is 30.1 Å². The van der Waals surface area contributed by atoms with Crippen molar-refractivity contribution in [3.8, 4) is 11.5 Å². The molecule has 3 rings (SSSR count). The molecule has 132 valence electrons. The predicted molar refractivity (Wildman–Crippen MR) is 96.5 cm³/mol. The summed E-state index contributed by atoms with van der Waals surface area (Å²) >= 11 is 0. The molecule has 25 heavy (non-hydrogen) atoms. The Kier molecular flexibility index (Phi) is 5.90. The number of rotatable bonds is 7. The first-order chi connectivity index (χ1) is 12.2. The molecule has 0 aliphatic carbocycles. The number of amides is 1. The van der Waals surface area contributed by atoms with Gasteiger partial charge in [0.1, 0.15) is 18.1 Å². The Morgan fingerprint density at radius 2 is 2.00 bits per heavy atom. The van der Waals surface area contributed by atoms with Gasteiger partial charge in [-0.3, -0.25) is 4.79 Å². The average Bonchev–Trinajstić information content (AvgIpc) is 3.15. The van der Waals surface area contributed by atoms with Crippen molar-refractivity contribution >= 4 is 11.6 Å². The second kappa shape index (κ2) is 8.53. The summed E-state index contributed by atoms with van der Waals surface area (Å²) in [5, 5.41) is 2.88. The van der Waals surface area contributed by atoms with Crippen molar-refractivity contribution in [2.45, 2.75) is 25.9 Å². The third kappa shape index (κ3) is 4.97. The normalized spacial score (nSPS) is 16.4. The predicted octanol–water partition coefficient (Wildman–Crippen LogP) is 3.90. The summed E-state index contributed by atoms with van der Waals surface area (Å²) in [6, 6.07) is 14.5. The van der Waals surface area contributed by atoms with E-state index in [0.29, 0.717) is 24.5 Å². The number of carbonyl (C=O) groups excluding carboxylic acids is 1. The van der Waals surface area contributed by atoms with Crippen molar-refractivity contribution in [1.82, 2.24) is 0 Å². The number of nitrogens with one attached hydrogen (secondary N) is 1. The molecule has 1 aliphatic rings. The van der Waals surface area contributed by atoms with Gasteiger partial charge in [0.05, 0.1) is 12.7 Å². The van der Waals surface area contributed by atoms with Crippen LogP contribution in [-0.4, -0.2) is 31.8 Å². The Morgan fingerprint density at radius 1 is 1.16 bits per heavy atom. The van der Waals surface area contributed by atoms with Crippen LogP contribution in [0.4, 0.5) is 5.69 Å². The quantitative estimate of drug-likeness (QED) is 0.830. The van der Waals surface area contributed by atoms with Crippen LogP contribution in [-0.2, 0) is 4.74 Å². The van der Waals surface area contributed by atoms with E-state index in [4.69, 9.17) is 14.2 Å². The van der Waals surface area contributed by atoms with Crippen molar-refractivity contribution in [1.29, 1.82) is 0 Å². The smallest absolute Gasteiger partial charge is 0.255 e. The standard InChI is InChI=1S/C20H23NO4/c1-2-23-18-6-3-5-15(13-18)20(22)21-16-8-10-17(11-9-16)25-14-19-7-4-12-24-19/h3,5-6,8-11,13,19H,2,4,7,12,14H2,1H3,(H,21,22). The molecule has 1 N–H and O–H groups in total. The molecule has 1 fully saturated rings. The van der Waals surface area contributed by atoms with Crippen molar-refractivity contribution < 1.29 is 19.0 Å². The Labute approximate surface area is 147 Å². The zero-order valence-corrected chi connectivity index (χ0v) is 14.4. The third-order valence-corrected chi connectivity index (χ3v) is 3.98. The molecule has 0 spiro atoms. The minimum atomic E-state index is -0.172. The SMILES string of the molecule is CCOc1cccc(C(=O)Nc2ccc(OCC3CCCO3)cc2)c1. The summed E-state index contributed by atoms with van der Waals surface area (Å²) in [4.78, 5) is 12.3. The molecule has 0 bridgehead atoms. The van der Waals surface area contributed by atoms with Crippen molar-refractivity contribution in [2.24, 2.45) is 0 Å².